The van der Waals surface area contributed by atoms with Gasteiger partial charge >= 0.3 is 5.97 Å². The zero-order valence-electron chi connectivity index (χ0n) is 17.0. The number of nitrogens with zero attached hydrogens (tertiary/aromatic N) is 2. The van der Waals surface area contributed by atoms with Gasteiger partial charge in [-0.25, -0.2) is 17.9 Å². The molecule has 0 aliphatic carbocycles. The number of aromatic nitrogens is 2. The predicted molar refractivity (Wildman–Crippen MR) is 122 cm³/mol. The molecule has 32 heavy (non-hydrogen) atoms. The van der Waals surface area contributed by atoms with E-state index in [9.17, 15) is 18.3 Å². The van der Waals surface area contributed by atoms with Crippen molar-refractivity contribution in [2.24, 2.45) is 0 Å². The minimum Gasteiger partial charge on any atom is -0.478 e. The van der Waals surface area contributed by atoms with Crippen LogP contribution in [0.25, 0.3) is 5.69 Å². The van der Waals surface area contributed by atoms with Crippen molar-refractivity contribution in [2.45, 2.75) is 17.7 Å². The number of aromatic carboxylic acids is 1. The van der Waals surface area contributed by atoms with E-state index in [1.165, 1.54) is 18.3 Å². The fourth-order valence-electron chi connectivity index (χ4n) is 3.44. The first-order valence-electron chi connectivity index (χ1n) is 9.96. The van der Waals surface area contributed by atoms with Crippen LogP contribution in [0.5, 0.6) is 0 Å². The number of benzene rings is 3. The minimum atomic E-state index is -3.75. The number of nitrogens with one attached hydrogen (secondary N) is 1. The normalized spacial score (nSPS) is 11.2. The third-order valence-corrected chi connectivity index (χ3v) is 6.39. The summed E-state index contributed by atoms with van der Waals surface area (Å²) in [6.45, 7) is 0. The molecular formula is C24H21N3O4S. The Bertz CT molecular complexity index is 1330. The van der Waals surface area contributed by atoms with E-state index < -0.39 is 16.0 Å². The van der Waals surface area contributed by atoms with Crippen LogP contribution in [0.3, 0.4) is 0 Å². The van der Waals surface area contributed by atoms with E-state index in [1.54, 1.807) is 47.1 Å². The van der Waals surface area contributed by atoms with E-state index in [4.69, 9.17) is 0 Å². The van der Waals surface area contributed by atoms with Crippen LogP contribution in [-0.4, -0.2) is 29.3 Å². The van der Waals surface area contributed by atoms with Gasteiger partial charge in [-0.15, -0.1) is 0 Å². The summed E-state index contributed by atoms with van der Waals surface area (Å²) in [4.78, 5) is 11.9. The molecule has 1 heterocycles. The van der Waals surface area contributed by atoms with Crippen molar-refractivity contribution in [1.29, 1.82) is 0 Å². The van der Waals surface area contributed by atoms with E-state index in [1.807, 2.05) is 30.3 Å². The van der Waals surface area contributed by atoms with Gasteiger partial charge in [0.05, 0.1) is 28.2 Å². The molecule has 0 saturated heterocycles. The van der Waals surface area contributed by atoms with Crippen molar-refractivity contribution in [3.05, 3.63) is 108 Å². The predicted octanol–water partition coefficient (Wildman–Crippen LogP) is 4.16. The summed E-state index contributed by atoms with van der Waals surface area (Å²) in [6.07, 6.45) is 2.43. The van der Waals surface area contributed by atoms with Crippen molar-refractivity contribution in [3.63, 3.8) is 0 Å². The lowest BCUT2D eigenvalue weighted by Gasteiger charge is -2.12. The second-order valence-electron chi connectivity index (χ2n) is 7.18. The lowest BCUT2D eigenvalue weighted by Crippen LogP contribution is -2.13. The Labute approximate surface area is 186 Å². The van der Waals surface area contributed by atoms with Crippen LogP contribution in [0.1, 0.15) is 21.6 Å². The third kappa shape index (κ3) is 4.70. The average Bonchev–Trinajstić information content (AvgIpc) is 3.23. The van der Waals surface area contributed by atoms with Crippen LogP contribution in [0, 0.1) is 0 Å². The van der Waals surface area contributed by atoms with Gasteiger partial charge in [-0.3, -0.25) is 4.72 Å². The summed E-state index contributed by atoms with van der Waals surface area (Å²) in [7, 11) is -3.75. The molecule has 0 saturated carbocycles. The molecule has 0 aliphatic heterocycles. The molecule has 0 bridgehead atoms. The number of rotatable bonds is 8. The minimum absolute atomic E-state index is 0.121. The molecule has 0 amide bonds. The van der Waals surface area contributed by atoms with Gasteiger partial charge in [0.1, 0.15) is 5.56 Å². The largest absolute Gasteiger partial charge is 0.478 e. The fraction of sp³-hybridized carbons (Fsp3) is 0.0833. The Hall–Kier alpha value is -3.91. The molecule has 4 aromatic rings. The van der Waals surface area contributed by atoms with E-state index >= 15 is 0 Å². The molecule has 7 nitrogen and oxygen atoms in total. The van der Waals surface area contributed by atoms with Crippen LogP contribution in [0.4, 0.5) is 5.69 Å². The van der Waals surface area contributed by atoms with Crippen LogP contribution in [0.15, 0.2) is 96.0 Å². The monoisotopic (exact) mass is 447 g/mol. The Morgan fingerprint density at radius 2 is 1.59 bits per heavy atom. The van der Waals surface area contributed by atoms with Crippen LogP contribution >= 0.6 is 0 Å². The topological polar surface area (TPSA) is 101 Å². The quantitative estimate of drug-likeness (QED) is 0.422. The van der Waals surface area contributed by atoms with Crippen molar-refractivity contribution in [3.8, 4) is 5.69 Å². The third-order valence-electron chi connectivity index (χ3n) is 4.99. The van der Waals surface area contributed by atoms with Crippen LogP contribution in [-0.2, 0) is 22.9 Å². The number of carboxylic acids is 1. The van der Waals surface area contributed by atoms with Crippen molar-refractivity contribution >= 4 is 21.7 Å². The van der Waals surface area contributed by atoms with Crippen molar-refractivity contribution < 1.29 is 18.3 Å². The SMILES string of the molecule is O=C(O)c1cnn(-c2cccc(NS(=O)(=O)c3ccccc3)c2)c1CCc1ccccc1. The molecule has 0 radical (unpaired) electrons. The van der Waals surface area contributed by atoms with Gasteiger partial charge in [0, 0.05) is 0 Å². The Kier molecular flexibility index (Phi) is 6.04. The van der Waals surface area contributed by atoms with Gasteiger partial charge < -0.3 is 5.11 Å². The summed E-state index contributed by atoms with van der Waals surface area (Å²) < 4.78 is 29.4. The van der Waals surface area contributed by atoms with E-state index in [0.717, 1.165) is 5.56 Å². The first-order chi connectivity index (χ1) is 15.4. The average molecular weight is 448 g/mol. The molecule has 2 N–H and O–H groups in total. The molecule has 8 heteroatoms. The highest BCUT2D eigenvalue weighted by molar-refractivity contribution is 7.92. The van der Waals surface area contributed by atoms with Crippen molar-refractivity contribution in [1.82, 2.24) is 9.78 Å². The van der Waals surface area contributed by atoms with E-state index in [2.05, 4.69) is 9.82 Å². The second-order valence-corrected chi connectivity index (χ2v) is 8.86. The molecule has 0 fully saturated rings. The van der Waals surface area contributed by atoms with Gasteiger partial charge in [0.15, 0.2) is 0 Å². The van der Waals surface area contributed by atoms with Gasteiger partial charge in [-0.2, -0.15) is 5.10 Å². The van der Waals surface area contributed by atoms with Gasteiger partial charge in [-0.1, -0.05) is 54.6 Å². The highest BCUT2D eigenvalue weighted by atomic mass is 32.2. The van der Waals surface area contributed by atoms with Crippen molar-refractivity contribution in [2.75, 3.05) is 4.72 Å². The number of hydrogen-bond donors (Lipinski definition) is 2. The van der Waals surface area contributed by atoms with Gasteiger partial charge in [0.2, 0.25) is 0 Å². The lowest BCUT2D eigenvalue weighted by atomic mass is 10.1. The Balaban J connectivity index is 1.65. The summed E-state index contributed by atoms with van der Waals surface area (Å²) in [5.74, 6) is -1.06. The second kappa shape index (κ2) is 9.07. The molecule has 1 aromatic heterocycles. The summed E-state index contributed by atoms with van der Waals surface area (Å²) in [5.41, 5.74) is 2.67. The number of aryl methyl sites for hydroxylation is 1. The highest BCUT2D eigenvalue weighted by Crippen LogP contribution is 2.22. The summed E-state index contributed by atoms with van der Waals surface area (Å²) in [6, 6.07) is 24.6. The number of carboxylic acid groups (broad SMARTS) is 1. The van der Waals surface area contributed by atoms with Crippen LogP contribution in [0.2, 0.25) is 0 Å². The summed E-state index contributed by atoms with van der Waals surface area (Å²) >= 11 is 0. The number of anilines is 1. The molecule has 162 valence electrons. The lowest BCUT2D eigenvalue weighted by molar-refractivity contribution is 0.0695. The van der Waals surface area contributed by atoms with E-state index in [-0.39, 0.29) is 10.5 Å². The standard InChI is InChI=1S/C24H21N3O4S/c28-24(29)22-17-25-27(23(22)15-14-18-8-3-1-4-9-18)20-11-7-10-19(16-20)26-32(30,31)21-12-5-2-6-13-21/h1-13,16-17,26H,14-15H2,(H,28,29). The molecule has 0 spiro atoms. The number of carbonyl (C=O) groups is 1. The van der Waals surface area contributed by atoms with Crippen LogP contribution < -0.4 is 4.72 Å². The Morgan fingerprint density at radius 3 is 2.28 bits per heavy atom. The zero-order valence-corrected chi connectivity index (χ0v) is 17.9. The summed E-state index contributed by atoms with van der Waals surface area (Å²) in [5, 5.41) is 13.9. The van der Waals surface area contributed by atoms with E-state index in [0.29, 0.717) is 29.9 Å². The molecule has 0 unspecified atom stereocenters. The maximum atomic E-state index is 12.7. The Morgan fingerprint density at radius 1 is 0.906 bits per heavy atom. The molecule has 4 rings (SSSR count). The first kappa shape index (κ1) is 21.3. The number of hydrogen-bond acceptors (Lipinski definition) is 4. The molecule has 0 aliphatic rings. The first-order valence-corrected chi connectivity index (χ1v) is 11.4. The maximum absolute atomic E-state index is 12.7. The fourth-order valence-corrected chi connectivity index (χ4v) is 4.51. The smallest absolute Gasteiger partial charge is 0.339 e. The van der Waals surface area contributed by atoms with Gasteiger partial charge in [-0.05, 0) is 48.7 Å². The van der Waals surface area contributed by atoms with Gasteiger partial charge in [0.25, 0.3) is 10.0 Å². The molecular weight excluding hydrogens is 426 g/mol. The molecule has 0 atom stereocenters. The molecule has 3 aromatic carbocycles. The maximum Gasteiger partial charge on any atom is 0.339 e. The number of sulfonamides is 1. The highest BCUT2D eigenvalue weighted by Gasteiger charge is 2.19. The zero-order chi connectivity index (χ0) is 22.6.